The number of fused-ring (bicyclic) bond motifs is 1. The summed E-state index contributed by atoms with van der Waals surface area (Å²) in [6, 6.07) is 11.3. The molecular formula is C17H17FN2O. The molecule has 3 rings (SSSR count). The van der Waals surface area contributed by atoms with Crippen LogP contribution < -0.4 is 10.6 Å². The van der Waals surface area contributed by atoms with E-state index < -0.39 is 0 Å². The predicted octanol–water partition coefficient (Wildman–Crippen LogP) is 3.63. The Morgan fingerprint density at radius 3 is 2.71 bits per heavy atom. The molecule has 4 heteroatoms. The van der Waals surface area contributed by atoms with E-state index in [0.717, 1.165) is 11.1 Å². The summed E-state index contributed by atoms with van der Waals surface area (Å²) >= 11 is 0. The Labute approximate surface area is 123 Å². The second-order valence-electron chi connectivity index (χ2n) is 5.38. The monoisotopic (exact) mass is 284 g/mol. The highest BCUT2D eigenvalue weighted by Crippen LogP contribution is 2.28. The van der Waals surface area contributed by atoms with E-state index in [1.807, 2.05) is 31.2 Å². The Hall–Kier alpha value is -2.36. The van der Waals surface area contributed by atoms with Gasteiger partial charge in [-0.3, -0.25) is 4.79 Å². The fraction of sp³-hybridized carbons (Fsp3) is 0.235. The molecule has 0 atom stereocenters. The molecular weight excluding hydrogens is 267 g/mol. The Balaban J connectivity index is 1.77. The Morgan fingerprint density at radius 1 is 1.19 bits per heavy atom. The molecule has 1 amide bonds. The lowest BCUT2D eigenvalue weighted by atomic mass is 10.0. The van der Waals surface area contributed by atoms with Crippen molar-refractivity contribution < 1.29 is 9.18 Å². The predicted molar refractivity (Wildman–Crippen MR) is 81.9 cm³/mol. The van der Waals surface area contributed by atoms with E-state index in [-0.39, 0.29) is 11.7 Å². The van der Waals surface area contributed by atoms with Gasteiger partial charge >= 0.3 is 0 Å². The van der Waals surface area contributed by atoms with Crippen molar-refractivity contribution in [3.05, 3.63) is 58.9 Å². The number of halogens is 1. The van der Waals surface area contributed by atoms with Crippen LogP contribution in [-0.2, 0) is 17.8 Å². The van der Waals surface area contributed by atoms with Crippen LogP contribution in [-0.4, -0.2) is 5.91 Å². The van der Waals surface area contributed by atoms with Crippen LogP contribution in [0, 0.1) is 12.7 Å². The summed E-state index contributed by atoms with van der Waals surface area (Å²) in [5.41, 5.74) is 4.26. The van der Waals surface area contributed by atoms with E-state index in [1.54, 1.807) is 6.07 Å². The number of benzene rings is 2. The molecule has 0 aromatic heterocycles. The molecule has 0 aliphatic carbocycles. The van der Waals surface area contributed by atoms with Crippen molar-refractivity contribution in [3.8, 4) is 0 Å². The van der Waals surface area contributed by atoms with Gasteiger partial charge in [-0.2, -0.15) is 0 Å². The molecule has 0 saturated heterocycles. The van der Waals surface area contributed by atoms with E-state index in [1.165, 1.54) is 11.6 Å². The highest BCUT2D eigenvalue weighted by molar-refractivity contribution is 5.94. The lowest BCUT2D eigenvalue weighted by Gasteiger charge is -2.19. The summed E-state index contributed by atoms with van der Waals surface area (Å²) in [6.07, 6.45) is 1.01. The Bertz CT molecular complexity index is 680. The van der Waals surface area contributed by atoms with Gasteiger partial charge in [0.1, 0.15) is 5.82 Å². The van der Waals surface area contributed by atoms with Crippen LogP contribution >= 0.6 is 0 Å². The minimum atomic E-state index is -0.281. The normalized spacial score (nSPS) is 13.5. The number of anilines is 2. The largest absolute Gasteiger partial charge is 0.379 e. The number of carbonyl (C=O) groups is 1. The zero-order valence-electron chi connectivity index (χ0n) is 11.9. The van der Waals surface area contributed by atoms with Crippen molar-refractivity contribution in [3.63, 3.8) is 0 Å². The molecule has 2 aromatic carbocycles. The molecule has 2 aromatic rings. The zero-order valence-corrected chi connectivity index (χ0v) is 11.9. The number of hydrogen-bond acceptors (Lipinski definition) is 2. The third-order valence-corrected chi connectivity index (χ3v) is 3.69. The fourth-order valence-electron chi connectivity index (χ4n) is 2.44. The summed E-state index contributed by atoms with van der Waals surface area (Å²) in [4.78, 5) is 11.4. The quantitative estimate of drug-likeness (QED) is 0.903. The van der Waals surface area contributed by atoms with Gasteiger partial charge in [0.2, 0.25) is 5.91 Å². The standard InChI is InChI=1S/C17H17FN2O/c1-11-2-4-12(5-3-11)10-19-16-9-15-13(8-14(16)18)6-7-17(21)20-15/h2-5,8-9,19H,6-7,10H2,1H3,(H,20,21). The SMILES string of the molecule is Cc1ccc(CNc2cc3c(cc2F)CCC(=O)N3)cc1. The maximum Gasteiger partial charge on any atom is 0.224 e. The highest BCUT2D eigenvalue weighted by Gasteiger charge is 2.17. The summed E-state index contributed by atoms with van der Waals surface area (Å²) < 4.78 is 14.1. The highest BCUT2D eigenvalue weighted by atomic mass is 19.1. The van der Waals surface area contributed by atoms with E-state index in [0.29, 0.717) is 30.8 Å². The van der Waals surface area contributed by atoms with Gasteiger partial charge in [0, 0.05) is 18.7 Å². The van der Waals surface area contributed by atoms with Crippen molar-refractivity contribution >= 4 is 17.3 Å². The number of nitrogens with one attached hydrogen (secondary N) is 2. The van der Waals surface area contributed by atoms with Gasteiger partial charge in [0.15, 0.2) is 0 Å². The first-order valence-corrected chi connectivity index (χ1v) is 7.03. The minimum absolute atomic E-state index is 0.0152. The van der Waals surface area contributed by atoms with Crippen LogP contribution in [0.25, 0.3) is 0 Å². The average molecular weight is 284 g/mol. The van der Waals surface area contributed by atoms with Crippen molar-refractivity contribution in [2.24, 2.45) is 0 Å². The smallest absolute Gasteiger partial charge is 0.224 e. The van der Waals surface area contributed by atoms with Gasteiger partial charge in [-0.05, 0) is 36.6 Å². The Kier molecular flexibility index (Phi) is 3.60. The van der Waals surface area contributed by atoms with Crippen molar-refractivity contribution in [2.75, 3.05) is 10.6 Å². The summed E-state index contributed by atoms with van der Waals surface area (Å²) in [5, 5.41) is 5.87. The molecule has 1 heterocycles. The minimum Gasteiger partial charge on any atom is -0.379 e. The average Bonchev–Trinajstić information content (AvgIpc) is 2.47. The van der Waals surface area contributed by atoms with E-state index in [9.17, 15) is 9.18 Å². The maximum atomic E-state index is 14.1. The molecule has 0 fully saturated rings. The molecule has 0 radical (unpaired) electrons. The van der Waals surface area contributed by atoms with Crippen LogP contribution in [0.5, 0.6) is 0 Å². The lowest BCUT2D eigenvalue weighted by molar-refractivity contribution is -0.116. The first-order chi connectivity index (χ1) is 10.1. The summed E-state index contributed by atoms with van der Waals surface area (Å²) in [7, 11) is 0. The number of amides is 1. The number of carbonyl (C=O) groups excluding carboxylic acids is 1. The van der Waals surface area contributed by atoms with Crippen LogP contribution in [0.3, 0.4) is 0 Å². The molecule has 0 saturated carbocycles. The number of hydrogen-bond donors (Lipinski definition) is 2. The number of rotatable bonds is 3. The molecule has 3 nitrogen and oxygen atoms in total. The topological polar surface area (TPSA) is 41.1 Å². The van der Waals surface area contributed by atoms with Gasteiger partial charge < -0.3 is 10.6 Å². The summed E-state index contributed by atoms with van der Waals surface area (Å²) in [5.74, 6) is -0.296. The molecule has 0 bridgehead atoms. The molecule has 108 valence electrons. The first kappa shape index (κ1) is 13.6. The zero-order chi connectivity index (χ0) is 14.8. The van der Waals surface area contributed by atoms with Crippen molar-refractivity contribution in [1.29, 1.82) is 0 Å². The van der Waals surface area contributed by atoms with E-state index >= 15 is 0 Å². The van der Waals surface area contributed by atoms with Gasteiger partial charge in [-0.25, -0.2) is 4.39 Å². The number of aryl methyl sites for hydroxylation is 2. The third kappa shape index (κ3) is 3.05. The molecule has 21 heavy (non-hydrogen) atoms. The van der Waals surface area contributed by atoms with Crippen LogP contribution in [0.15, 0.2) is 36.4 Å². The van der Waals surface area contributed by atoms with Gasteiger partial charge in [0.05, 0.1) is 5.69 Å². The summed E-state index contributed by atoms with van der Waals surface area (Å²) in [6.45, 7) is 2.58. The molecule has 0 unspecified atom stereocenters. The van der Waals surface area contributed by atoms with Crippen LogP contribution in [0.4, 0.5) is 15.8 Å². The van der Waals surface area contributed by atoms with Crippen LogP contribution in [0.1, 0.15) is 23.1 Å². The third-order valence-electron chi connectivity index (χ3n) is 3.69. The van der Waals surface area contributed by atoms with Gasteiger partial charge in [-0.1, -0.05) is 29.8 Å². The molecule has 0 spiro atoms. The Morgan fingerprint density at radius 2 is 1.95 bits per heavy atom. The second-order valence-corrected chi connectivity index (χ2v) is 5.38. The first-order valence-electron chi connectivity index (χ1n) is 7.03. The lowest BCUT2D eigenvalue weighted by Crippen LogP contribution is -2.19. The van der Waals surface area contributed by atoms with E-state index in [2.05, 4.69) is 10.6 Å². The molecule has 1 aliphatic heterocycles. The van der Waals surface area contributed by atoms with Crippen molar-refractivity contribution in [1.82, 2.24) is 0 Å². The second kappa shape index (κ2) is 5.56. The van der Waals surface area contributed by atoms with E-state index in [4.69, 9.17) is 0 Å². The van der Waals surface area contributed by atoms with Gasteiger partial charge in [-0.15, -0.1) is 0 Å². The van der Waals surface area contributed by atoms with Crippen molar-refractivity contribution in [2.45, 2.75) is 26.3 Å². The molecule has 1 aliphatic rings. The van der Waals surface area contributed by atoms with Gasteiger partial charge in [0.25, 0.3) is 0 Å². The molecule has 2 N–H and O–H groups in total. The fourth-order valence-corrected chi connectivity index (χ4v) is 2.44. The van der Waals surface area contributed by atoms with Crippen LogP contribution in [0.2, 0.25) is 0 Å². The maximum absolute atomic E-state index is 14.1.